The van der Waals surface area contributed by atoms with Gasteiger partial charge < -0.3 is 5.11 Å². The Bertz CT molecular complexity index is 466. The monoisotopic (exact) mass is 290 g/mol. The molecule has 74 valence electrons. The van der Waals surface area contributed by atoms with E-state index in [1.54, 1.807) is 11.3 Å². The number of rotatable bonds is 2. The van der Waals surface area contributed by atoms with Crippen LogP contribution in [0.4, 0.5) is 0 Å². The minimum Gasteiger partial charge on any atom is -0.392 e. The molecule has 0 spiro atoms. The Kier molecular flexibility index (Phi) is 3.12. The fraction of sp³-hybridized carbons (Fsp3) is 0.200. The zero-order valence-electron chi connectivity index (χ0n) is 7.26. The molecule has 0 atom stereocenters. The minimum absolute atomic E-state index is 0.0646. The number of hydrogen-bond acceptors (Lipinski definition) is 2. The van der Waals surface area contributed by atoms with E-state index < -0.39 is 0 Å². The number of fused-ring (bicyclic) bond motifs is 1. The van der Waals surface area contributed by atoms with Gasteiger partial charge in [0.25, 0.3) is 0 Å². The highest BCUT2D eigenvalue weighted by atomic mass is 79.9. The molecule has 0 aliphatic rings. The summed E-state index contributed by atoms with van der Waals surface area (Å²) in [5, 5.41) is 13.8. The molecule has 1 nitrogen and oxygen atoms in total. The molecule has 4 heteroatoms. The summed E-state index contributed by atoms with van der Waals surface area (Å²) in [7, 11) is 0. The largest absolute Gasteiger partial charge is 0.392 e. The zero-order chi connectivity index (χ0) is 10.1. The Balaban J connectivity index is 2.82. The van der Waals surface area contributed by atoms with Crippen molar-refractivity contribution in [3.63, 3.8) is 0 Å². The van der Waals surface area contributed by atoms with Crippen LogP contribution in [0.15, 0.2) is 17.5 Å². The predicted octanol–water partition coefficient (Wildman–Crippen LogP) is 3.94. The van der Waals surface area contributed by atoms with Crippen molar-refractivity contribution >= 4 is 49.0 Å². The number of aliphatic hydroxyl groups excluding tert-OH is 1. The molecule has 0 aliphatic carbocycles. The third-order valence-corrected chi connectivity index (χ3v) is 4.08. The maximum Gasteiger partial charge on any atom is 0.0698 e. The average molecular weight is 292 g/mol. The van der Waals surface area contributed by atoms with E-state index in [0.717, 1.165) is 31.6 Å². The third-order valence-electron chi connectivity index (χ3n) is 2.19. The molecule has 0 bridgehead atoms. The van der Waals surface area contributed by atoms with E-state index in [4.69, 9.17) is 11.6 Å². The molecular formula is C10H8BrClOS. The van der Waals surface area contributed by atoms with Gasteiger partial charge in [0.1, 0.15) is 0 Å². The van der Waals surface area contributed by atoms with Crippen LogP contribution in [0.25, 0.3) is 10.1 Å². The second-order valence-electron chi connectivity index (χ2n) is 2.95. The number of alkyl halides is 1. The smallest absolute Gasteiger partial charge is 0.0698 e. The van der Waals surface area contributed by atoms with Crippen LogP contribution in [0.2, 0.25) is 5.02 Å². The first kappa shape index (κ1) is 10.4. The molecule has 2 rings (SSSR count). The SMILES string of the molecule is OCc1c(CBr)cc(Cl)c2ccsc12. The van der Waals surface area contributed by atoms with Gasteiger partial charge in [-0.2, -0.15) is 0 Å². The molecule has 0 aliphatic heterocycles. The first-order valence-electron chi connectivity index (χ1n) is 4.12. The minimum atomic E-state index is 0.0646. The number of aliphatic hydroxyl groups is 1. The van der Waals surface area contributed by atoms with Crippen LogP contribution in [0, 0.1) is 0 Å². The fourth-order valence-corrected chi connectivity index (χ4v) is 3.32. The molecule has 0 saturated heterocycles. The van der Waals surface area contributed by atoms with Crippen molar-refractivity contribution in [2.24, 2.45) is 0 Å². The van der Waals surface area contributed by atoms with Gasteiger partial charge in [0.2, 0.25) is 0 Å². The van der Waals surface area contributed by atoms with Crippen LogP contribution < -0.4 is 0 Å². The zero-order valence-corrected chi connectivity index (χ0v) is 10.4. The summed E-state index contributed by atoms with van der Waals surface area (Å²) < 4.78 is 1.09. The molecule has 2 aromatic rings. The summed E-state index contributed by atoms with van der Waals surface area (Å²) in [6.07, 6.45) is 0. The van der Waals surface area contributed by atoms with Gasteiger partial charge >= 0.3 is 0 Å². The third kappa shape index (κ3) is 1.58. The number of halogens is 2. The van der Waals surface area contributed by atoms with Crippen molar-refractivity contribution in [3.8, 4) is 0 Å². The van der Waals surface area contributed by atoms with Crippen LogP contribution in [-0.2, 0) is 11.9 Å². The van der Waals surface area contributed by atoms with Crippen molar-refractivity contribution in [1.29, 1.82) is 0 Å². The van der Waals surface area contributed by atoms with E-state index in [9.17, 15) is 5.11 Å². The van der Waals surface area contributed by atoms with E-state index >= 15 is 0 Å². The highest BCUT2D eigenvalue weighted by molar-refractivity contribution is 9.08. The topological polar surface area (TPSA) is 20.2 Å². The Hall–Kier alpha value is -0.0900. The first-order chi connectivity index (χ1) is 6.77. The highest BCUT2D eigenvalue weighted by Gasteiger charge is 2.10. The van der Waals surface area contributed by atoms with Crippen LogP contribution in [0.1, 0.15) is 11.1 Å². The van der Waals surface area contributed by atoms with Crippen molar-refractivity contribution in [3.05, 3.63) is 33.7 Å². The van der Waals surface area contributed by atoms with Crippen molar-refractivity contribution in [2.75, 3.05) is 0 Å². The second kappa shape index (κ2) is 4.19. The lowest BCUT2D eigenvalue weighted by Crippen LogP contribution is -1.91. The number of thiophene rings is 1. The van der Waals surface area contributed by atoms with Crippen molar-refractivity contribution in [1.82, 2.24) is 0 Å². The molecule has 1 N–H and O–H groups in total. The molecule has 0 radical (unpaired) electrons. The highest BCUT2D eigenvalue weighted by Crippen LogP contribution is 2.34. The maximum absolute atomic E-state index is 9.30. The van der Waals surface area contributed by atoms with Gasteiger partial charge in [-0.15, -0.1) is 11.3 Å². The lowest BCUT2D eigenvalue weighted by atomic mass is 10.1. The molecule has 1 aromatic heterocycles. The first-order valence-corrected chi connectivity index (χ1v) is 6.50. The van der Waals surface area contributed by atoms with Gasteiger partial charge in [-0.25, -0.2) is 0 Å². The van der Waals surface area contributed by atoms with E-state index in [1.165, 1.54) is 0 Å². The summed E-state index contributed by atoms with van der Waals surface area (Å²) in [4.78, 5) is 0. The van der Waals surface area contributed by atoms with Gasteiger partial charge in [0.05, 0.1) is 6.61 Å². The van der Waals surface area contributed by atoms with E-state index in [2.05, 4.69) is 15.9 Å². The Labute approximate surface area is 99.4 Å². The van der Waals surface area contributed by atoms with Crippen LogP contribution in [0.3, 0.4) is 0 Å². The quantitative estimate of drug-likeness (QED) is 0.831. The van der Waals surface area contributed by atoms with Gasteiger partial charge in [-0.1, -0.05) is 27.5 Å². The average Bonchev–Trinajstić information content (AvgIpc) is 2.66. The van der Waals surface area contributed by atoms with Crippen LogP contribution in [-0.4, -0.2) is 5.11 Å². The van der Waals surface area contributed by atoms with Crippen LogP contribution >= 0.6 is 38.9 Å². The number of hydrogen-bond donors (Lipinski definition) is 1. The summed E-state index contributed by atoms with van der Waals surface area (Å²) in [6, 6.07) is 3.90. The molecule has 1 heterocycles. The summed E-state index contributed by atoms with van der Waals surface area (Å²) >= 11 is 11.1. The molecule has 0 fully saturated rings. The molecule has 14 heavy (non-hydrogen) atoms. The standard InChI is InChI=1S/C10H8BrClOS/c11-4-6-3-9(12)7-1-2-14-10(7)8(6)5-13/h1-3,13H,4-5H2. The van der Waals surface area contributed by atoms with Crippen molar-refractivity contribution < 1.29 is 5.11 Å². The molecular weight excluding hydrogens is 284 g/mol. The van der Waals surface area contributed by atoms with Gasteiger partial charge in [0.15, 0.2) is 0 Å². The molecule has 0 unspecified atom stereocenters. The van der Waals surface area contributed by atoms with Gasteiger partial charge in [-0.05, 0) is 28.6 Å². The molecule has 0 amide bonds. The van der Waals surface area contributed by atoms with Gasteiger partial charge in [0, 0.05) is 20.4 Å². The Morgan fingerprint density at radius 1 is 1.50 bits per heavy atom. The normalized spacial score (nSPS) is 11.1. The lowest BCUT2D eigenvalue weighted by molar-refractivity contribution is 0.282. The fourth-order valence-electron chi connectivity index (χ4n) is 1.49. The van der Waals surface area contributed by atoms with Crippen LogP contribution in [0.5, 0.6) is 0 Å². The van der Waals surface area contributed by atoms with E-state index in [1.807, 2.05) is 17.5 Å². The van der Waals surface area contributed by atoms with E-state index in [0.29, 0.717) is 0 Å². The molecule has 1 aromatic carbocycles. The Morgan fingerprint density at radius 2 is 2.29 bits per heavy atom. The number of benzene rings is 1. The van der Waals surface area contributed by atoms with Crippen molar-refractivity contribution in [2.45, 2.75) is 11.9 Å². The summed E-state index contributed by atoms with van der Waals surface area (Å²) in [5.41, 5.74) is 2.05. The summed E-state index contributed by atoms with van der Waals surface area (Å²) in [5.74, 6) is 0. The lowest BCUT2D eigenvalue weighted by Gasteiger charge is -2.07. The summed E-state index contributed by atoms with van der Waals surface area (Å²) in [6.45, 7) is 0.0646. The van der Waals surface area contributed by atoms with Gasteiger partial charge in [-0.3, -0.25) is 0 Å². The predicted molar refractivity (Wildman–Crippen MR) is 65.4 cm³/mol. The Morgan fingerprint density at radius 3 is 2.93 bits per heavy atom. The maximum atomic E-state index is 9.30. The molecule has 0 saturated carbocycles. The van der Waals surface area contributed by atoms with E-state index in [-0.39, 0.29) is 6.61 Å². The second-order valence-corrected chi connectivity index (χ2v) is 4.84.